The zero-order valence-electron chi connectivity index (χ0n) is 17.9. The zero-order valence-corrected chi connectivity index (χ0v) is 20.3. The van der Waals surface area contributed by atoms with Crippen molar-refractivity contribution in [1.29, 1.82) is 0 Å². The number of allylic oxidation sites excluding steroid dienone is 1. The number of methoxy groups -OCH3 is 1. The Morgan fingerprint density at radius 1 is 0.882 bits per heavy atom. The van der Waals surface area contributed by atoms with Crippen molar-refractivity contribution in [1.82, 2.24) is 0 Å². The summed E-state index contributed by atoms with van der Waals surface area (Å²) >= 11 is 13.6. The number of anilines is 2. The number of carbonyl (C=O) groups is 1. The molecule has 0 saturated heterocycles. The second-order valence-corrected chi connectivity index (χ2v) is 9.49. The first-order valence-electron chi connectivity index (χ1n) is 10.3. The van der Waals surface area contributed by atoms with Crippen molar-refractivity contribution in [2.45, 2.75) is 4.99 Å². The third-order valence-corrected chi connectivity index (χ3v) is 6.98. The van der Waals surface area contributed by atoms with Crippen molar-refractivity contribution in [3.63, 3.8) is 0 Å². The third-order valence-electron chi connectivity index (χ3n) is 5.26. The number of nitrogens with zero attached hydrogens (tertiary/aromatic N) is 4. The summed E-state index contributed by atoms with van der Waals surface area (Å²) in [6.45, 7) is 0. The molecule has 0 bridgehead atoms. The molecule has 1 spiro atoms. The number of para-hydroxylation sites is 1. The number of carbonyl (C=O) groups excluding carboxylic acids is 1. The van der Waals surface area contributed by atoms with E-state index in [9.17, 15) is 4.79 Å². The van der Waals surface area contributed by atoms with Crippen molar-refractivity contribution in [2.24, 2.45) is 10.2 Å². The van der Waals surface area contributed by atoms with Gasteiger partial charge in [0.15, 0.2) is 0 Å². The lowest BCUT2D eigenvalue weighted by Gasteiger charge is -2.43. The standard InChI is InChI=1S/C25H18Cl2N4O2S/c1-33-24(32)23-29-31(21-9-5-6-19(27)16-21)25(34-23)15-14-22(17-10-12-18(26)13-11-17)28-30(25)20-7-3-2-4-8-20/h2-16H,1H3/t25-/m0/s1. The molecule has 0 unspecified atom stereocenters. The maximum atomic E-state index is 12.5. The molecular formula is C25H18Cl2N4O2S. The number of hydrogen-bond acceptors (Lipinski definition) is 7. The van der Waals surface area contributed by atoms with Crippen LogP contribution in [-0.4, -0.2) is 28.8 Å². The lowest BCUT2D eigenvalue weighted by Crippen LogP contribution is -2.53. The molecule has 1 atom stereocenters. The number of ether oxygens (including phenoxy) is 1. The Kier molecular flexibility index (Phi) is 6.08. The highest BCUT2D eigenvalue weighted by atomic mass is 35.5. The largest absolute Gasteiger partial charge is 0.464 e. The molecule has 2 aliphatic rings. The van der Waals surface area contributed by atoms with E-state index in [0.29, 0.717) is 15.7 Å². The van der Waals surface area contributed by atoms with Crippen LogP contribution in [0.1, 0.15) is 5.56 Å². The molecule has 3 aromatic carbocycles. The predicted octanol–water partition coefficient (Wildman–Crippen LogP) is 6.17. The quantitative estimate of drug-likeness (QED) is 0.394. The third kappa shape index (κ3) is 4.07. The number of halogens is 2. The highest BCUT2D eigenvalue weighted by Gasteiger charge is 2.51. The fourth-order valence-electron chi connectivity index (χ4n) is 3.68. The summed E-state index contributed by atoms with van der Waals surface area (Å²) in [5, 5.41) is 14.6. The number of benzene rings is 3. The van der Waals surface area contributed by atoms with Gasteiger partial charge in [0.1, 0.15) is 0 Å². The Morgan fingerprint density at radius 3 is 2.29 bits per heavy atom. The van der Waals surface area contributed by atoms with Crippen LogP contribution in [0.5, 0.6) is 0 Å². The predicted molar refractivity (Wildman–Crippen MR) is 140 cm³/mol. The van der Waals surface area contributed by atoms with Crippen LogP contribution in [0.25, 0.3) is 0 Å². The van der Waals surface area contributed by atoms with Crippen LogP contribution in [0, 0.1) is 0 Å². The summed E-state index contributed by atoms with van der Waals surface area (Å²) in [4.78, 5) is 11.5. The fraction of sp³-hybridized carbons (Fsp3) is 0.0800. The van der Waals surface area contributed by atoms with Crippen molar-refractivity contribution in [3.05, 3.63) is 107 Å². The first kappa shape index (κ1) is 22.5. The molecule has 0 N–H and O–H groups in total. The number of thioether (sulfide) groups is 1. The second-order valence-electron chi connectivity index (χ2n) is 7.42. The minimum Gasteiger partial charge on any atom is -0.464 e. The minimum atomic E-state index is -1.01. The lowest BCUT2D eigenvalue weighted by molar-refractivity contribution is -0.132. The van der Waals surface area contributed by atoms with E-state index in [0.717, 1.165) is 17.0 Å². The molecule has 5 rings (SSSR count). The Bertz CT molecular complexity index is 1330. The fourth-order valence-corrected chi connectivity index (χ4v) is 5.17. The molecule has 9 heteroatoms. The number of hydrogen-bond donors (Lipinski definition) is 0. The molecule has 170 valence electrons. The first-order chi connectivity index (χ1) is 16.5. The average Bonchev–Trinajstić information content (AvgIpc) is 3.24. The van der Waals surface area contributed by atoms with Crippen LogP contribution in [0.15, 0.2) is 101 Å². The van der Waals surface area contributed by atoms with Gasteiger partial charge in [-0.1, -0.05) is 59.6 Å². The van der Waals surface area contributed by atoms with Crippen LogP contribution < -0.4 is 10.0 Å². The minimum absolute atomic E-state index is 0.207. The number of hydrazone groups is 2. The number of esters is 1. The SMILES string of the molecule is COC(=O)C1=NN(c2cccc(Cl)c2)[C@@]2(C=CC(c3ccc(Cl)cc3)=NN2c2ccccc2)S1. The van der Waals surface area contributed by atoms with Gasteiger partial charge >= 0.3 is 5.97 Å². The van der Waals surface area contributed by atoms with Crippen LogP contribution in [0.2, 0.25) is 10.0 Å². The Balaban J connectivity index is 1.67. The van der Waals surface area contributed by atoms with Crippen molar-refractivity contribution in [2.75, 3.05) is 17.1 Å². The van der Waals surface area contributed by atoms with E-state index in [4.69, 9.17) is 33.0 Å². The molecule has 0 amide bonds. The second kappa shape index (κ2) is 9.18. The summed E-state index contributed by atoms with van der Waals surface area (Å²) in [5.74, 6) is -0.525. The normalized spacial score (nSPS) is 19.3. The van der Waals surface area contributed by atoms with Gasteiger partial charge in [0, 0.05) is 15.6 Å². The molecule has 3 aromatic rings. The summed E-state index contributed by atoms with van der Waals surface area (Å²) in [6.07, 6.45) is 3.89. The van der Waals surface area contributed by atoms with E-state index >= 15 is 0 Å². The molecule has 34 heavy (non-hydrogen) atoms. The van der Waals surface area contributed by atoms with Gasteiger partial charge < -0.3 is 4.74 Å². The summed E-state index contributed by atoms with van der Waals surface area (Å²) in [5.41, 5.74) is 3.17. The van der Waals surface area contributed by atoms with E-state index in [-0.39, 0.29) is 5.04 Å². The smallest absolute Gasteiger partial charge is 0.365 e. The average molecular weight is 509 g/mol. The molecule has 0 aromatic heterocycles. The van der Waals surface area contributed by atoms with E-state index in [1.54, 1.807) is 17.1 Å². The van der Waals surface area contributed by atoms with Gasteiger partial charge in [-0.2, -0.15) is 10.2 Å². The van der Waals surface area contributed by atoms with E-state index < -0.39 is 11.0 Å². The van der Waals surface area contributed by atoms with Gasteiger partial charge in [-0.15, -0.1) is 0 Å². The lowest BCUT2D eigenvalue weighted by atomic mass is 10.1. The van der Waals surface area contributed by atoms with Gasteiger partial charge in [-0.3, -0.25) is 0 Å². The van der Waals surface area contributed by atoms with Gasteiger partial charge in [0.2, 0.25) is 10.0 Å². The van der Waals surface area contributed by atoms with Crippen LogP contribution in [-0.2, 0) is 9.53 Å². The molecule has 2 heterocycles. The molecule has 6 nitrogen and oxygen atoms in total. The Hall–Kier alpha value is -3.26. The van der Waals surface area contributed by atoms with E-state index in [1.165, 1.54) is 18.9 Å². The van der Waals surface area contributed by atoms with Gasteiger partial charge in [0.25, 0.3) is 0 Å². The van der Waals surface area contributed by atoms with E-state index in [1.807, 2.05) is 83.9 Å². The van der Waals surface area contributed by atoms with Crippen LogP contribution in [0.4, 0.5) is 11.4 Å². The van der Waals surface area contributed by atoms with Crippen molar-refractivity contribution >= 4 is 63.1 Å². The van der Waals surface area contributed by atoms with E-state index in [2.05, 4.69) is 5.10 Å². The zero-order chi connectivity index (χ0) is 23.7. The maximum absolute atomic E-state index is 12.5. The summed E-state index contributed by atoms with van der Waals surface area (Å²) in [6, 6.07) is 24.5. The summed E-state index contributed by atoms with van der Waals surface area (Å²) in [7, 11) is 1.34. The molecule has 0 aliphatic carbocycles. The number of rotatable bonds is 4. The van der Waals surface area contributed by atoms with Crippen LogP contribution >= 0.6 is 35.0 Å². The molecular weight excluding hydrogens is 491 g/mol. The summed E-state index contributed by atoms with van der Waals surface area (Å²) < 4.78 is 4.98. The topological polar surface area (TPSA) is 57.5 Å². The first-order valence-corrected chi connectivity index (χ1v) is 11.9. The van der Waals surface area contributed by atoms with Crippen LogP contribution in [0.3, 0.4) is 0 Å². The van der Waals surface area contributed by atoms with Crippen molar-refractivity contribution in [3.8, 4) is 0 Å². The maximum Gasteiger partial charge on any atom is 0.365 e. The monoisotopic (exact) mass is 508 g/mol. The highest BCUT2D eigenvalue weighted by molar-refractivity contribution is 8.17. The van der Waals surface area contributed by atoms with Gasteiger partial charge in [-0.05, 0) is 66.4 Å². The Morgan fingerprint density at radius 2 is 1.59 bits per heavy atom. The molecule has 2 aliphatic heterocycles. The molecule has 0 radical (unpaired) electrons. The highest BCUT2D eigenvalue weighted by Crippen LogP contribution is 2.48. The van der Waals surface area contributed by atoms with Crippen molar-refractivity contribution < 1.29 is 9.53 Å². The van der Waals surface area contributed by atoms with Gasteiger partial charge in [0.05, 0.1) is 24.2 Å². The Labute approximate surface area is 211 Å². The molecule has 0 fully saturated rings. The van der Waals surface area contributed by atoms with Gasteiger partial charge in [-0.25, -0.2) is 14.8 Å². The molecule has 0 saturated carbocycles.